The van der Waals surface area contributed by atoms with E-state index in [0.717, 1.165) is 24.4 Å². The van der Waals surface area contributed by atoms with Crippen molar-refractivity contribution in [3.8, 4) is 0 Å². The van der Waals surface area contributed by atoms with Crippen molar-refractivity contribution < 1.29 is 14.3 Å². The number of nitrogens with zero attached hydrogens (tertiary/aromatic N) is 2. The number of aromatic nitrogens is 2. The third-order valence-electron chi connectivity index (χ3n) is 3.21. The Hall–Kier alpha value is -2.28. The molecule has 1 aromatic heterocycles. The Morgan fingerprint density at radius 3 is 2.61 bits per heavy atom. The first kappa shape index (κ1) is 17.1. The SMILES string of the molecule is CCCCOC(=O)c1ccc(NC(=O)c2snnc2CC)cc1. The molecule has 0 spiro atoms. The van der Waals surface area contributed by atoms with Gasteiger partial charge >= 0.3 is 5.97 Å². The zero-order valence-corrected chi connectivity index (χ0v) is 14.0. The van der Waals surface area contributed by atoms with Gasteiger partial charge in [-0.3, -0.25) is 4.79 Å². The van der Waals surface area contributed by atoms with Crippen LogP contribution in [0.2, 0.25) is 0 Å². The topological polar surface area (TPSA) is 81.2 Å². The Kier molecular flexibility index (Phi) is 6.22. The number of hydrogen-bond donors (Lipinski definition) is 1. The summed E-state index contributed by atoms with van der Waals surface area (Å²) in [4.78, 5) is 24.5. The molecule has 2 rings (SSSR count). The average molecular weight is 333 g/mol. The van der Waals surface area contributed by atoms with Crippen LogP contribution >= 0.6 is 11.5 Å². The second kappa shape index (κ2) is 8.38. The number of carbonyl (C=O) groups excluding carboxylic acids is 2. The van der Waals surface area contributed by atoms with Gasteiger partial charge in [0.15, 0.2) is 0 Å². The summed E-state index contributed by atoms with van der Waals surface area (Å²) in [5.74, 6) is -0.591. The van der Waals surface area contributed by atoms with E-state index >= 15 is 0 Å². The number of rotatable bonds is 7. The molecule has 0 aliphatic rings. The van der Waals surface area contributed by atoms with Crippen molar-refractivity contribution in [3.63, 3.8) is 0 Å². The molecule has 23 heavy (non-hydrogen) atoms. The monoisotopic (exact) mass is 333 g/mol. The molecule has 1 N–H and O–H groups in total. The summed E-state index contributed by atoms with van der Waals surface area (Å²) in [5.41, 5.74) is 1.76. The number of unbranched alkanes of at least 4 members (excludes halogenated alkanes) is 1. The average Bonchev–Trinajstić information content (AvgIpc) is 3.04. The first-order valence-electron chi connectivity index (χ1n) is 7.55. The van der Waals surface area contributed by atoms with E-state index in [4.69, 9.17) is 4.74 Å². The second-order valence-corrected chi connectivity index (χ2v) is 5.68. The predicted octanol–water partition coefficient (Wildman–Crippen LogP) is 3.31. The number of hydrogen-bond acceptors (Lipinski definition) is 6. The molecule has 0 saturated heterocycles. The van der Waals surface area contributed by atoms with Crippen LogP contribution in [0.15, 0.2) is 24.3 Å². The third-order valence-corrected chi connectivity index (χ3v) is 3.97. The highest BCUT2D eigenvalue weighted by Crippen LogP contribution is 2.16. The van der Waals surface area contributed by atoms with E-state index in [1.807, 2.05) is 13.8 Å². The fourth-order valence-corrected chi connectivity index (χ4v) is 2.53. The van der Waals surface area contributed by atoms with Gasteiger partial charge < -0.3 is 10.1 Å². The Labute approximate surface area is 139 Å². The van der Waals surface area contributed by atoms with Gasteiger partial charge in [-0.05, 0) is 48.6 Å². The summed E-state index contributed by atoms with van der Waals surface area (Å²) < 4.78 is 8.94. The lowest BCUT2D eigenvalue weighted by Gasteiger charge is -2.06. The molecular formula is C16H19N3O3S. The Bertz CT molecular complexity index is 667. The van der Waals surface area contributed by atoms with Gasteiger partial charge in [-0.15, -0.1) is 5.10 Å². The van der Waals surface area contributed by atoms with Gasteiger partial charge in [-0.25, -0.2) is 4.79 Å². The van der Waals surface area contributed by atoms with E-state index in [1.165, 1.54) is 0 Å². The number of ether oxygens (including phenoxy) is 1. The van der Waals surface area contributed by atoms with Crippen LogP contribution in [0.1, 0.15) is 52.4 Å². The van der Waals surface area contributed by atoms with Crippen LogP contribution in [0, 0.1) is 0 Å². The second-order valence-electron chi connectivity index (χ2n) is 4.92. The predicted molar refractivity (Wildman–Crippen MR) is 88.9 cm³/mol. The molecule has 0 radical (unpaired) electrons. The van der Waals surface area contributed by atoms with E-state index in [0.29, 0.717) is 34.8 Å². The fourth-order valence-electron chi connectivity index (χ4n) is 1.88. The maximum absolute atomic E-state index is 12.2. The van der Waals surface area contributed by atoms with Crippen LogP contribution in [0.3, 0.4) is 0 Å². The van der Waals surface area contributed by atoms with Crippen LogP contribution in [0.5, 0.6) is 0 Å². The molecule has 7 heteroatoms. The highest BCUT2D eigenvalue weighted by molar-refractivity contribution is 7.08. The van der Waals surface area contributed by atoms with Gasteiger partial charge in [0.2, 0.25) is 0 Å². The van der Waals surface area contributed by atoms with E-state index in [2.05, 4.69) is 14.9 Å². The molecule has 1 heterocycles. The zero-order chi connectivity index (χ0) is 16.7. The van der Waals surface area contributed by atoms with Crippen molar-refractivity contribution in [1.82, 2.24) is 9.59 Å². The van der Waals surface area contributed by atoms with Gasteiger partial charge in [0.1, 0.15) is 4.88 Å². The molecular weight excluding hydrogens is 314 g/mol. The van der Waals surface area contributed by atoms with Gasteiger partial charge in [-0.1, -0.05) is 24.8 Å². The molecule has 0 fully saturated rings. The van der Waals surface area contributed by atoms with Gasteiger partial charge in [0, 0.05) is 5.69 Å². The normalized spacial score (nSPS) is 10.3. The van der Waals surface area contributed by atoms with Gasteiger partial charge in [-0.2, -0.15) is 0 Å². The maximum atomic E-state index is 12.2. The molecule has 6 nitrogen and oxygen atoms in total. The molecule has 1 amide bonds. The summed E-state index contributed by atoms with van der Waals surface area (Å²) in [6, 6.07) is 6.62. The van der Waals surface area contributed by atoms with Crippen LogP contribution in [0.25, 0.3) is 0 Å². The Morgan fingerprint density at radius 2 is 1.96 bits per heavy atom. The van der Waals surface area contributed by atoms with Gasteiger partial charge in [0.05, 0.1) is 17.9 Å². The van der Waals surface area contributed by atoms with E-state index in [9.17, 15) is 9.59 Å². The molecule has 0 saturated carbocycles. The summed E-state index contributed by atoms with van der Waals surface area (Å²) in [7, 11) is 0. The van der Waals surface area contributed by atoms with Crippen molar-refractivity contribution in [2.45, 2.75) is 33.1 Å². The largest absolute Gasteiger partial charge is 0.462 e. The lowest BCUT2D eigenvalue weighted by molar-refractivity contribution is 0.0499. The number of amides is 1. The molecule has 0 bridgehead atoms. The first-order valence-corrected chi connectivity index (χ1v) is 8.32. The van der Waals surface area contributed by atoms with E-state index in [-0.39, 0.29) is 11.9 Å². The standard InChI is InChI=1S/C16H19N3O3S/c1-3-5-10-22-16(21)11-6-8-12(9-7-11)17-15(20)14-13(4-2)18-19-23-14/h6-9H,3-5,10H2,1-2H3,(H,17,20). The van der Waals surface area contributed by atoms with Crippen molar-refractivity contribution >= 4 is 29.1 Å². The van der Waals surface area contributed by atoms with Crippen LogP contribution in [-0.2, 0) is 11.2 Å². The van der Waals surface area contributed by atoms with Crippen LogP contribution in [-0.4, -0.2) is 28.1 Å². The zero-order valence-electron chi connectivity index (χ0n) is 13.2. The Balaban J connectivity index is 1.97. The lowest BCUT2D eigenvalue weighted by Crippen LogP contribution is -2.12. The number of anilines is 1. The first-order chi connectivity index (χ1) is 11.2. The number of nitrogens with one attached hydrogen (secondary N) is 1. The quantitative estimate of drug-likeness (QED) is 0.621. The number of carbonyl (C=O) groups is 2. The minimum atomic E-state index is -0.351. The van der Waals surface area contributed by atoms with E-state index in [1.54, 1.807) is 24.3 Å². The summed E-state index contributed by atoms with van der Waals surface area (Å²) in [6.45, 7) is 4.38. The maximum Gasteiger partial charge on any atom is 0.338 e. The number of esters is 1. The minimum Gasteiger partial charge on any atom is -0.462 e. The van der Waals surface area contributed by atoms with Crippen molar-refractivity contribution in [2.24, 2.45) is 0 Å². The van der Waals surface area contributed by atoms with E-state index < -0.39 is 0 Å². The molecule has 0 atom stereocenters. The Morgan fingerprint density at radius 1 is 1.22 bits per heavy atom. The molecule has 122 valence electrons. The number of benzene rings is 1. The van der Waals surface area contributed by atoms with Crippen molar-refractivity contribution in [3.05, 3.63) is 40.4 Å². The minimum absolute atomic E-state index is 0.241. The molecule has 0 aliphatic heterocycles. The summed E-state index contributed by atoms with van der Waals surface area (Å²) >= 11 is 1.07. The van der Waals surface area contributed by atoms with Crippen molar-refractivity contribution in [1.29, 1.82) is 0 Å². The third kappa shape index (κ3) is 4.59. The molecule has 0 unspecified atom stereocenters. The summed E-state index contributed by atoms with van der Waals surface area (Å²) in [6.07, 6.45) is 2.48. The fraction of sp³-hybridized carbons (Fsp3) is 0.375. The molecule has 0 aliphatic carbocycles. The smallest absolute Gasteiger partial charge is 0.338 e. The van der Waals surface area contributed by atoms with Crippen LogP contribution in [0.4, 0.5) is 5.69 Å². The highest BCUT2D eigenvalue weighted by Gasteiger charge is 2.15. The highest BCUT2D eigenvalue weighted by atomic mass is 32.1. The summed E-state index contributed by atoms with van der Waals surface area (Å²) in [5, 5.41) is 6.69. The molecule has 2 aromatic rings. The van der Waals surface area contributed by atoms with Gasteiger partial charge in [0.25, 0.3) is 5.91 Å². The van der Waals surface area contributed by atoms with Crippen LogP contribution < -0.4 is 5.32 Å². The van der Waals surface area contributed by atoms with Crippen molar-refractivity contribution in [2.75, 3.05) is 11.9 Å². The number of aryl methyl sites for hydroxylation is 1. The molecule has 1 aromatic carbocycles. The lowest BCUT2D eigenvalue weighted by atomic mass is 10.2.